The lowest BCUT2D eigenvalue weighted by molar-refractivity contribution is 0.0946. The van der Waals surface area contributed by atoms with Gasteiger partial charge in [-0.3, -0.25) is 9.10 Å². The van der Waals surface area contributed by atoms with Crippen molar-refractivity contribution in [1.82, 2.24) is 5.32 Å². The van der Waals surface area contributed by atoms with E-state index in [1.54, 1.807) is 72.8 Å². The fourth-order valence-corrected chi connectivity index (χ4v) is 5.99. The van der Waals surface area contributed by atoms with Crippen LogP contribution in [0.5, 0.6) is 5.75 Å². The molecule has 5 rings (SSSR count). The van der Waals surface area contributed by atoms with Crippen LogP contribution in [0.2, 0.25) is 5.02 Å². The number of amides is 1. The first-order valence-corrected chi connectivity index (χ1v) is 13.2. The zero-order valence-electron chi connectivity index (χ0n) is 19.2. The fraction of sp³-hybridized carbons (Fsp3) is 0.107. The largest absolute Gasteiger partial charge is 0.488 e. The number of carbonyl (C=O) groups is 1. The van der Waals surface area contributed by atoms with E-state index in [2.05, 4.69) is 5.32 Å². The number of halogens is 1. The molecule has 8 heteroatoms. The number of nitrogens with zero attached hydrogens (tertiary/aromatic N) is 1. The summed E-state index contributed by atoms with van der Waals surface area (Å²) in [6.45, 7) is 0.368. The minimum Gasteiger partial charge on any atom is -0.488 e. The van der Waals surface area contributed by atoms with Gasteiger partial charge in [0.15, 0.2) is 5.75 Å². The van der Waals surface area contributed by atoms with Crippen LogP contribution in [0, 0.1) is 0 Å². The Morgan fingerprint density at radius 3 is 2.25 bits per heavy atom. The first kappa shape index (κ1) is 23.9. The summed E-state index contributed by atoms with van der Waals surface area (Å²) in [5, 5.41) is 3.45. The molecule has 1 aliphatic heterocycles. The van der Waals surface area contributed by atoms with Gasteiger partial charge in [0, 0.05) is 11.6 Å². The number of ether oxygens (including phenoxy) is 1. The maximum atomic E-state index is 13.9. The quantitative estimate of drug-likeness (QED) is 0.360. The van der Waals surface area contributed by atoms with Crippen molar-refractivity contribution >= 4 is 33.2 Å². The molecule has 1 unspecified atom stereocenters. The second kappa shape index (κ2) is 10.0. The second-order valence-corrected chi connectivity index (χ2v) is 10.6. The van der Waals surface area contributed by atoms with E-state index >= 15 is 0 Å². The van der Waals surface area contributed by atoms with E-state index in [9.17, 15) is 13.2 Å². The number of para-hydroxylation sites is 1. The Kier molecular flexibility index (Phi) is 6.67. The van der Waals surface area contributed by atoms with Gasteiger partial charge in [0.25, 0.3) is 15.9 Å². The molecule has 1 atom stereocenters. The smallest absolute Gasteiger partial charge is 0.265 e. The molecule has 1 aliphatic rings. The molecule has 4 aromatic rings. The van der Waals surface area contributed by atoms with Crippen molar-refractivity contribution in [3.63, 3.8) is 0 Å². The topological polar surface area (TPSA) is 75.7 Å². The zero-order chi connectivity index (χ0) is 25.1. The Bertz CT molecular complexity index is 1480. The van der Waals surface area contributed by atoms with Crippen molar-refractivity contribution in [3.8, 4) is 5.75 Å². The highest BCUT2D eigenvalue weighted by atomic mass is 35.5. The predicted octanol–water partition coefficient (Wildman–Crippen LogP) is 5.60. The van der Waals surface area contributed by atoms with E-state index in [1.807, 2.05) is 30.3 Å². The number of carbonyl (C=O) groups excluding carboxylic acids is 1. The molecule has 4 aromatic carbocycles. The summed E-state index contributed by atoms with van der Waals surface area (Å²) in [5.41, 5.74) is 2.25. The van der Waals surface area contributed by atoms with Crippen molar-refractivity contribution in [2.45, 2.75) is 17.5 Å². The van der Waals surface area contributed by atoms with Crippen LogP contribution < -0.4 is 14.4 Å². The third-order valence-corrected chi connectivity index (χ3v) is 8.08. The minimum atomic E-state index is -3.99. The van der Waals surface area contributed by atoms with Gasteiger partial charge < -0.3 is 10.1 Å². The average molecular weight is 519 g/mol. The lowest BCUT2D eigenvalue weighted by Crippen LogP contribution is -2.41. The molecule has 1 amide bonds. The highest BCUT2D eigenvalue weighted by Crippen LogP contribution is 2.44. The number of hydrogen-bond acceptors (Lipinski definition) is 4. The van der Waals surface area contributed by atoms with Crippen LogP contribution in [-0.2, 0) is 16.6 Å². The summed E-state index contributed by atoms with van der Waals surface area (Å²) in [6.07, 6.45) is 0. The number of rotatable bonds is 6. The number of nitrogens with one attached hydrogen (secondary N) is 1. The van der Waals surface area contributed by atoms with Gasteiger partial charge in [-0.25, -0.2) is 8.42 Å². The number of benzene rings is 4. The van der Waals surface area contributed by atoms with Crippen LogP contribution in [0.25, 0.3) is 0 Å². The second-order valence-electron chi connectivity index (χ2n) is 8.31. The maximum absolute atomic E-state index is 13.9. The summed E-state index contributed by atoms with van der Waals surface area (Å²) in [4.78, 5) is 13.3. The predicted molar refractivity (Wildman–Crippen MR) is 140 cm³/mol. The molecular weight excluding hydrogens is 496 g/mol. The zero-order valence-corrected chi connectivity index (χ0v) is 20.7. The van der Waals surface area contributed by atoms with Gasteiger partial charge in [-0.2, -0.15) is 0 Å². The van der Waals surface area contributed by atoms with Gasteiger partial charge in [0.05, 0.1) is 16.1 Å². The lowest BCUT2D eigenvalue weighted by Gasteiger charge is -2.38. The standard InChI is InChI=1S/C28H23ClN2O4S/c29-22-16-14-21(15-17-22)26-19-35-27-24(28(32)30-18-20-8-3-1-4-9-20)12-7-13-25(27)31(26)36(33,34)23-10-5-2-6-11-23/h1-17,26H,18-19H2,(H,30,32). The normalized spacial score (nSPS) is 15.0. The van der Waals surface area contributed by atoms with Crippen molar-refractivity contribution in [2.75, 3.05) is 10.9 Å². The molecule has 182 valence electrons. The van der Waals surface area contributed by atoms with Crippen molar-refractivity contribution in [2.24, 2.45) is 0 Å². The average Bonchev–Trinajstić information content (AvgIpc) is 2.92. The van der Waals surface area contributed by atoms with Crippen molar-refractivity contribution in [1.29, 1.82) is 0 Å². The summed E-state index contributed by atoms with van der Waals surface area (Å²) < 4.78 is 35.3. The SMILES string of the molecule is O=C(NCc1ccccc1)c1cccc2c1OCC(c1ccc(Cl)cc1)N2S(=O)(=O)c1ccccc1. The Balaban J connectivity index is 1.56. The van der Waals surface area contributed by atoms with Gasteiger partial charge >= 0.3 is 0 Å². The molecule has 1 heterocycles. The first-order valence-electron chi connectivity index (χ1n) is 11.4. The highest BCUT2D eigenvalue weighted by molar-refractivity contribution is 7.92. The highest BCUT2D eigenvalue weighted by Gasteiger charge is 2.39. The third-order valence-electron chi connectivity index (χ3n) is 6.00. The molecule has 0 saturated heterocycles. The van der Waals surface area contributed by atoms with Crippen LogP contribution in [0.3, 0.4) is 0 Å². The van der Waals surface area contributed by atoms with E-state index < -0.39 is 16.1 Å². The van der Waals surface area contributed by atoms with E-state index in [0.717, 1.165) is 11.1 Å². The first-order chi connectivity index (χ1) is 17.4. The number of anilines is 1. The monoisotopic (exact) mass is 518 g/mol. The molecule has 0 bridgehead atoms. The molecular formula is C28H23ClN2O4S. The Labute approximate surface area is 215 Å². The molecule has 6 nitrogen and oxygen atoms in total. The van der Waals surface area contributed by atoms with E-state index in [0.29, 0.717) is 17.3 Å². The van der Waals surface area contributed by atoms with Crippen LogP contribution in [-0.4, -0.2) is 20.9 Å². The fourth-order valence-electron chi connectivity index (χ4n) is 4.22. The molecule has 0 aliphatic carbocycles. The van der Waals surface area contributed by atoms with Gasteiger partial charge in [-0.1, -0.05) is 78.3 Å². The van der Waals surface area contributed by atoms with E-state index in [1.165, 1.54) is 4.31 Å². The van der Waals surface area contributed by atoms with Crippen LogP contribution >= 0.6 is 11.6 Å². The number of fused-ring (bicyclic) bond motifs is 1. The summed E-state index contributed by atoms with van der Waals surface area (Å²) >= 11 is 6.08. The maximum Gasteiger partial charge on any atom is 0.265 e. The van der Waals surface area contributed by atoms with Crippen LogP contribution in [0.15, 0.2) is 108 Å². The summed E-state index contributed by atoms with van der Waals surface area (Å²) in [6, 6.07) is 29.1. The Morgan fingerprint density at radius 2 is 1.56 bits per heavy atom. The molecule has 0 fully saturated rings. The molecule has 0 aromatic heterocycles. The number of sulfonamides is 1. The number of hydrogen-bond donors (Lipinski definition) is 1. The van der Waals surface area contributed by atoms with Gasteiger partial charge in [-0.15, -0.1) is 0 Å². The Morgan fingerprint density at radius 1 is 0.889 bits per heavy atom. The minimum absolute atomic E-state index is 0.0314. The van der Waals surface area contributed by atoms with Crippen LogP contribution in [0.4, 0.5) is 5.69 Å². The van der Waals surface area contributed by atoms with Gasteiger partial charge in [0.2, 0.25) is 0 Å². The van der Waals surface area contributed by atoms with Gasteiger partial charge in [0.1, 0.15) is 12.6 Å². The van der Waals surface area contributed by atoms with E-state index in [4.69, 9.17) is 16.3 Å². The summed E-state index contributed by atoms with van der Waals surface area (Å²) in [7, 11) is -3.99. The van der Waals surface area contributed by atoms with Gasteiger partial charge in [-0.05, 0) is 47.5 Å². The van der Waals surface area contributed by atoms with Crippen molar-refractivity contribution < 1.29 is 17.9 Å². The molecule has 36 heavy (non-hydrogen) atoms. The molecule has 0 saturated carbocycles. The summed E-state index contributed by atoms with van der Waals surface area (Å²) in [5.74, 6) is -0.120. The lowest BCUT2D eigenvalue weighted by atomic mass is 10.0. The Hall–Kier alpha value is -3.81. The molecule has 0 spiro atoms. The third kappa shape index (κ3) is 4.67. The van der Waals surface area contributed by atoms with Crippen LogP contribution in [0.1, 0.15) is 27.5 Å². The molecule has 0 radical (unpaired) electrons. The van der Waals surface area contributed by atoms with E-state index in [-0.39, 0.29) is 28.7 Å². The van der Waals surface area contributed by atoms with Crippen molar-refractivity contribution in [3.05, 3.63) is 125 Å². The molecule has 1 N–H and O–H groups in total.